The number of methoxy groups -OCH3 is 1. The maximum Gasteiger partial charge on any atom is 0.336 e. The smallest absolute Gasteiger partial charge is 0.336 e. The maximum atomic E-state index is 11.4. The predicted octanol–water partition coefficient (Wildman–Crippen LogP) is 2.73. The summed E-state index contributed by atoms with van der Waals surface area (Å²) in [6.07, 6.45) is -0.853. The number of epoxide rings is 1. The van der Waals surface area contributed by atoms with Crippen LogP contribution in [-0.4, -0.2) is 24.3 Å². The topological polar surface area (TPSA) is 59.1 Å². The molecule has 2 atom stereocenters. The Kier molecular flexibility index (Phi) is 3.18. The van der Waals surface area contributed by atoms with Crippen LogP contribution in [0, 0.1) is 6.92 Å². The summed E-state index contributed by atoms with van der Waals surface area (Å²) in [7, 11) is 1.60. The molecule has 108 valence electrons. The van der Waals surface area contributed by atoms with Gasteiger partial charge in [-0.05, 0) is 30.2 Å². The summed E-state index contributed by atoms with van der Waals surface area (Å²) in [4.78, 5) is 11.4. The largest absolute Gasteiger partial charge is 0.497 e. The zero-order valence-corrected chi connectivity index (χ0v) is 11.9. The molecule has 1 N–H and O–H groups in total. The molecule has 2 aromatic carbocycles. The molecule has 3 rings (SSSR count). The number of hydrogen-bond acceptors (Lipinski definition) is 3. The second-order valence-electron chi connectivity index (χ2n) is 5.17. The van der Waals surface area contributed by atoms with Crippen LogP contribution >= 0.6 is 0 Å². The van der Waals surface area contributed by atoms with Gasteiger partial charge in [-0.25, -0.2) is 4.79 Å². The molecular formula is C17H16O4. The fraction of sp³-hybridized carbons (Fsp3) is 0.235. The summed E-state index contributed by atoms with van der Waals surface area (Å²) < 4.78 is 10.8. The minimum absolute atomic E-state index is 0.727. The van der Waals surface area contributed by atoms with Crippen molar-refractivity contribution in [2.45, 2.75) is 18.6 Å². The molecule has 4 heteroatoms. The Labute approximate surface area is 122 Å². The van der Waals surface area contributed by atoms with E-state index in [-0.39, 0.29) is 0 Å². The number of aryl methyl sites for hydroxylation is 1. The fourth-order valence-electron chi connectivity index (χ4n) is 2.62. The van der Waals surface area contributed by atoms with E-state index in [0.29, 0.717) is 0 Å². The van der Waals surface area contributed by atoms with Gasteiger partial charge in [0, 0.05) is 0 Å². The molecule has 0 aliphatic carbocycles. The Hall–Kier alpha value is -2.33. The van der Waals surface area contributed by atoms with Crippen molar-refractivity contribution in [1.82, 2.24) is 0 Å². The van der Waals surface area contributed by atoms with E-state index in [0.717, 1.165) is 22.4 Å². The van der Waals surface area contributed by atoms with Crippen molar-refractivity contribution in [1.29, 1.82) is 0 Å². The van der Waals surface area contributed by atoms with Gasteiger partial charge in [-0.3, -0.25) is 0 Å². The first kappa shape index (κ1) is 13.6. The standard InChI is InChI=1S/C17H16O4/c1-11-3-5-12(6-4-11)17(15(21-17)16(18)19)13-7-9-14(20-2)10-8-13/h3-10,15H,1-2H3,(H,18,19). The molecule has 0 saturated carbocycles. The predicted molar refractivity (Wildman–Crippen MR) is 77.5 cm³/mol. The van der Waals surface area contributed by atoms with Gasteiger partial charge in [-0.1, -0.05) is 42.0 Å². The van der Waals surface area contributed by atoms with Gasteiger partial charge in [0.2, 0.25) is 0 Å². The minimum atomic E-state index is -0.952. The van der Waals surface area contributed by atoms with Crippen molar-refractivity contribution in [2.75, 3.05) is 7.11 Å². The third-order valence-corrected chi connectivity index (χ3v) is 3.84. The molecule has 1 saturated heterocycles. The lowest BCUT2D eigenvalue weighted by Gasteiger charge is -2.14. The first-order chi connectivity index (χ1) is 10.1. The van der Waals surface area contributed by atoms with E-state index >= 15 is 0 Å². The van der Waals surface area contributed by atoms with E-state index in [1.807, 2.05) is 55.5 Å². The van der Waals surface area contributed by atoms with Gasteiger partial charge in [0.05, 0.1) is 7.11 Å². The van der Waals surface area contributed by atoms with E-state index in [9.17, 15) is 9.90 Å². The van der Waals surface area contributed by atoms with Crippen LogP contribution < -0.4 is 4.74 Å². The Bertz CT molecular complexity index is 660. The second-order valence-corrected chi connectivity index (χ2v) is 5.17. The number of carboxylic acid groups (broad SMARTS) is 1. The Morgan fingerprint density at radius 1 is 1.10 bits per heavy atom. The molecular weight excluding hydrogens is 268 g/mol. The van der Waals surface area contributed by atoms with E-state index in [2.05, 4.69) is 0 Å². The molecule has 2 unspecified atom stereocenters. The lowest BCUT2D eigenvalue weighted by Crippen LogP contribution is -2.20. The summed E-state index contributed by atoms with van der Waals surface area (Å²) in [6.45, 7) is 1.99. The molecule has 0 amide bonds. The average Bonchev–Trinajstić information content (AvgIpc) is 3.25. The zero-order valence-electron chi connectivity index (χ0n) is 11.9. The maximum absolute atomic E-state index is 11.4. The van der Waals surface area contributed by atoms with Gasteiger partial charge < -0.3 is 14.6 Å². The molecule has 0 aromatic heterocycles. The molecule has 0 spiro atoms. The van der Waals surface area contributed by atoms with Gasteiger partial charge in [-0.2, -0.15) is 0 Å². The van der Waals surface area contributed by atoms with Gasteiger partial charge >= 0.3 is 5.97 Å². The molecule has 4 nitrogen and oxygen atoms in total. The summed E-state index contributed by atoms with van der Waals surface area (Å²) in [5.41, 5.74) is 1.90. The fourth-order valence-corrected chi connectivity index (χ4v) is 2.62. The van der Waals surface area contributed by atoms with Crippen LogP contribution in [0.2, 0.25) is 0 Å². The van der Waals surface area contributed by atoms with Crippen molar-refractivity contribution in [3.63, 3.8) is 0 Å². The first-order valence-electron chi connectivity index (χ1n) is 6.70. The van der Waals surface area contributed by atoms with Gasteiger partial charge in [0.1, 0.15) is 5.75 Å². The van der Waals surface area contributed by atoms with Crippen molar-refractivity contribution >= 4 is 5.97 Å². The SMILES string of the molecule is COc1ccc(C2(c3ccc(C)cc3)OC2C(=O)O)cc1. The van der Waals surface area contributed by atoms with E-state index in [4.69, 9.17) is 9.47 Å². The summed E-state index contributed by atoms with van der Waals surface area (Å²) in [5.74, 6) is -0.225. The van der Waals surface area contributed by atoms with E-state index in [1.54, 1.807) is 7.11 Å². The van der Waals surface area contributed by atoms with Crippen molar-refractivity contribution in [3.8, 4) is 5.75 Å². The highest BCUT2D eigenvalue weighted by molar-refractivity contribution is 5.79. The van der Waals surface area contributed by atoms with E-state index in [1.165, 1.54) is 0 Å². The molecule has 1 aliphatic heterocycles. The summed E-state index contributed by atoms with van der Waals surface area (Å²) >= 11 is 0. The number of carbonyl (C=O) groups is 1. The number of rotatable bonds is 4. The van der Waals surface area contributed by atoms with Crippen molar-refractivity contribution in [3.05, 3.63) is 65.2 Å². The minimum Gasteiger partial charge on any atom is -0.497 e. The number of ether oxygens (including phenoxy) is 2. The summed E-state index contributed by atoms with van der Waals surface area (Å²) in [6, 6.07) is 15.1. The number of benzene rings is 2. The van der Waals surface area contributed by atoms with Crippen LogP contribution in [0.4, 0.5) is 0 Å². The lowest BCUT2D eigenvalue weighted by atomic mass is 9.87. The highest BCUT2D eigenvalue weighted by Crippen LogP contribution is 2.52. The van der Waals surface area contributed by atoms with Crippen LogP contribution in [-0.2, 0) is 15.1 Å². The number of carboxylic acids is 1. The third kappa shape index (κ3) is 2.17. The molecule has 1 fully saturated rings. The lowest BCUT2D eigenvalue weighted by molar-refractivity contribution is -0.138. The van der Waals surface area contributed by atoms with E-state index < -0.39 is 17.7 Å². The third-order valence-electron chi connectivity index (χ3n) is 3.84. The Morgan fingerprint density at radius 3 is 2.05 bits per heavy atom. The van der Waals surface area contributed by atoms with Crippen LogP contribution in [0.1, 0.15) is 16.7 Å². The second kappa shape index (κ2) is 4.90. The van der Waals surface area contributed by atoms with Crippen LogP contribution in [0.25, 0.3) is 0 Å². The van der Waals surface area contributed by atoms with Crippen LogP contribution in [0.5, 0.6) is 5.75 Å². The average molecular weight is 284 g/mol. The monoisotopic (exact) mass is 284 g/mol. The van der Waals surface area contributed by atoms with Crippen LogP contribution in [0.15, 0.2) is 48.5 Å². The van der Waals surface area contributed by atoms with Gasteiger partial charge in [0.25, 0.3) is 0 Å². The molecule has 21 heavy (non-hydrogen) atoms. The zero-order chi connectivity index (χ0) is 15.0. The van der Waals surface area contributed by atoms with Crippen molar-refractivity contribution < 1.29 is 19.4 Å². The number of aliphatic carboxylic acids is 1. The molecule has 0 radical (unpaired) electrons. The molecule has 1 aliphatic rings. The quantitative estimate of drug-likeness (QED) is 0.877. The van der Waals surface area contributed by atoms with Gasteiger partial charge in [-0.15, -0.1) is 0 Å². The Balaban J connectivity index is 2.05. The highest BCUT2D eigenvalue weighted by Gasteiger charge is 2.63. The Morgan fingerprint density at radius 2 is 1.62 bits per heavy atom. The first-order valence-corrected chi connectivity index (χ1v) is 6.70. The van der Waals surface area contributed by atoms with Crippen molar-refractivity contribution in [2.24, 2.45) is 0 Å². The molecule has 0 bridgehead atoms. The normalized spacial score (nSPS) is 23.6. The van der Waals surface area contributed by atoms with Gasteiger partial charge in [0.15, 0.2) is 11.7 Å². The summed E-state index contributed by atoms with van der Waals surface area (Å²) in [5, 5.41) is 9.32. The molecule has 1 heterocycles. The number of hydrogen-bond donors (Lipinski definition) is 1. The highest BCUT2D eigenvalue weighted by atomic mass is 16.6. The van der Waals surface area contributed by atoms with Crippen LogP contribution in [0.3, 0.4) is 0 Å². The molecule has 2 aromatic rings.